The SMILES string of the molecule is CCNC(=NCc1ccc(OC)c(F)c1)NCCc1ccc(OC)cc1.I. The molecule has 2 rings (SSSR count). The van der Waals surface area contributed by atoms with Crippen molar-refractivity contribution in [3.05, 3.63) is 59.4 Å². The topological polar surface area (TPSA) is 54.9 Å². The minimum atomic E-state index is -0.377. The molecule has 0 aromatic heterocycles. The summed E-state index contributed by atoms with van der Waals surface area (Å²) in [6, 6.07) is 12.9. The zero-order valence-corrected chi connectivity index (χ0v) is 18.3. The highest BCUT2D eigenvalue weighted by Gasteiger charge is 2.04. The lowest BCUT2D eigenvalue weighted by Crippen LogP contribution is -2.38. The van der Waals surface area contributed by atoms with Crippen LogP contribution in [0.25, 0.3) is 0 Å². The molecule has 0 atom stereocenters. The third kappa shape index (κ3) is 7.62. The zero-order valence-electron chi connectivity index (χ0n) is 15.9. The van der Waals surface area contributed by atoms with E-state index in [1.54, 1.807) is 13.2 Å². The van der Waals surface area contributed by atoms with E-state index in [-0.39, 0.29) is 35.5 Å². The monoisotopic (exact) mass is 487 g/mol. The van der Waals surface area contributed by atoms with Crippen molar-refractivity contribution in [1.82, 2.24) is 10.6 Å². The molecule has 0 saturated carbocycles. The average molecular weight is 487 g/mol. The van der Waals surface area contributed by atoms with Gasteiger partial charge in [0.1, 0.15) is 5.75 Å². The molecular weight excluding hydrogens is 460 g/mol. The molecule has 0 aliphatic heterocycles. The second-order valence-corrected chi connectivity index (χ2v) is 5.69. The van der Waals surface area contributed by atoms with Gasteiger partial charge in [-0.05, 0) is 48.7 Å². The second kappa shape index (κ2) is 12.4. The van der Waals surface area contributed by atoms with Crippen LogP contribution in [0.15, 0.2) is 47.5 Å². The molecule has 27 heavy (non-hydrogen) atoms. The molecule has 0 fully saturated rings. The molecule has 0 heterocycles. The average Bonchev–Trinajstić information content (AvgIpc) is 2.66. The Balaban J connectivity index is 0.00000364. The summed E-state index contributed by atoms with van der Waals surface area (Å²) in [6.07, 6.45) is 0.867. The summed E-state index contributed by atoms with van der Waals surface area (Å²) < 4.78 is 23.8. The fraction of sp³-hybridized carbons (Fsp3) is 0.350. The third-order valence-electron chi connectivity index (χ3n) is 3.85. The lowest BCUT2D eigenvalue weighted by atomic mass is 10.1. The molecule has 2 aromatic carbocycles. The van der Waals surface area contributed by atoms with Crippen LogP contribution in [0.3, 0.4) is 0 Å². The normalized spacial score (nSPS) is 10.7. The van der Waals surface area contributed by atoms with E-state index >= 15 is 0 Å². The highest BCUT2D eigenvalue weighted by Crippen LogP contribution is 2.18. The molecule has 148 valence electrons. The minimum absolute atomic E-state index is 0. The summed E-state index contributed by atoms with van der Waals surface area (Å²) in [6.45, 7) is 3.90. The minimum Gasteiger partial charge on any atom is -0.497 e. The summed E-state index contributed by atoms with van der Waals surface area (Å²) in [5.74, 6) is 1.42. The molecule has 0 radical (unpaired) electrons. The maximum absolute atomic E-state index is 13.8. The zero-order chi connectivity index (χ0) is 18.8. The molecule has 2 N–H and O–H groups in total. The van der Waals surface area contributed by atoms with E-state index in [1.165, 1.54) is 18.7 Å². The van der Waals surface area contributed by atoms with E-state index in [0.717, 1.165) is 30.8 Å². The highest BCUT2D eigenvalue weighted by molar-refractivity contribution is 14.0. The van der Waals surface area contributed by atoms with Gasteiger partial charge in [0, 0.05) is 13.1 Å². The second-order valence-electron chi connectivity index (χ2n) is 5.69. The van der Waals surface area contributed by atoms with Crippen LogP contribution in [0.5, 0.6) is 11.5 Å². The molecule has 0 bridgehead atoms. The van der Waals surface area contributed by atoms with Crippen LogP contribution < -0.4 is 20.1 Å². The van der Waals surface area contributed by atoms with Gasteiger partial charge < -0.3 is 20.1 Å². The quantitative estimate of drug-likeness (QED) is 0.339. The molecule has 0 spiro atoms. The van der Waals surface area contributed by atoms with Gasteiger partial charge in [-0.3, -0.25) is 0 Å². The molecular formula is C20H27FIN3O2. The Hall–Kier alpha value is -2.03. The summed E-state index contributed by atoms with van der Waals surface area (Å²) in [5.41, 5.74) is 2.00. The number of nitrogens with zero attached hydrogens (tertiary/aromatic N) is 1. The van der Waals surface area contributed by atoms with Gasteiger partial charge in [0.25, 0.3) is 0 Å². The number of hydrogen-bond acceptors (Lipinski definition) is 3. The molecule has 0 aliphatic carbocycles. The lowest BCUT2D eigenvalue weighted by molar-refractivity contribution is 0.386. The van der Waals surface area contributed by atoms with Crippen molar-refractivity contribution in [2.75, 3.05) is 27.3 Å². The molecule has 7 heteroatoms. The number of hydrogen-bond donors (Lipinski definition) is 2. The standard InChI is InChI=1S/C20H26FN3O2.HI/c1-4-22-20(23-12-11-15-5-8-17(25-2)9-6-15)24-14-16-7-10-19(26-3)18(21)13-16;/h5-10,13H,4,11-12,14H2,1-3H3,(H2,22,23,24);1H. The smallest absolute Gasteiger partial charge is 0.191 e. The van der Waals surface area contributed by atoms with Gasteiger partial charge in [0.15, 0.2) is 17.5 Å². The first kappa shape index (κ1) is 23.0. The Morgan fingerprint density at radius 1 is 1.00 bits per heavy atom. The number of halogens is 2. The fourth-order valence-corrected chi connectivity index (χ4v) is 2.44. The van der Waals surface area contributed by atoms with Crippen molar-refractivity contribution in [2.24, 2.45) is 4.99 Å². The van der Waals surface area contributed by atoms with Crippen LogP contribution in [0, 0.1) is 5.82 Å². The first-order valence-electron chi connectivity index (χ1n) is 8.63. The predicted octanol–water partition coefficient (Wildman–Crippen LogP) is 3.76. The van der Waals surface area contributed by atoms with Gasteiger partial charge in [-0.25, -0.2) is 9.38 Å². The van der Waals surface area contributed by atoms with Crippen LogP contribution in [-0.2, 0) is 13.0 Å². The van der Waals surface area contributed by atoms with Crippen molar-refractivity contribution >= 4 is 29.9 Å². The highest BCUT2D eigenvalue weighted by atomic mass is 127. The Bertz CT molecular complexity index is 724. The largest absolute Gasteiger partial charge is 0.497 e. The molecule has 0 saturated heterocycles. The number of rotatable bonds is 8. The van der Waals surface area contributed by atoms with Crippen LogP contribution in [0.4, 0.5) is 4.39 Å². The van der Waals surface area contributed by atoms with E-state index in [2.05, 4.69) is 15.6 Å². The van der Waals surface area contributed by atoms with Crippen molar-refractivity contribution < 1.29 is 13.9 Å². The van der Waals surface area contributed by atoms with E-state index in [0.29, 0.717) is 12.5 Å². The Kier molecular flexibility index (Phi) is 10.5. The molecule has 0 amide bonds. The molecule has 2 aromatic rings. The van der Waals surface area contributed by atoms with Crippen molar-refractivity contribution in [3.63, 3.8) is 0 Å². The Labute approximate surface area is 177 Å². The lowest BCUT2D eigenvalue weighted by Gasteiger charge is -2.12. The molecule has 5 nitrogen and oxygen atoms in total. The Morgan fingerprint density at radius 2 is 1.70 bits per heavy atom. The number of aliphatic imine (C=N–C) groups is 1. The van der Waals surface area contributed by atoms with Crippen molar-refractivity contribution in [2.45, 2.75) is 19.9 Å². The van der Waals surface area contributed by atoms with Crippen LogP contribution in [0.2, 0.25) is 0 Å². The predicted molar refractivity (Wildman–Crippen MR) is 118 cm³/mol. The van der Waals surface area contributed by atoms with Gasteiger partial charge in [0.2, 0.25) is 0 Å². The van der Waals surface area contributed by atoms with Gasteiger partial charge in [-0.2, -0.15) is 0 Å². The van der Waals surface area contributed by atoms with Crippen LogP contribution >= 0.6 is 24.0 Å². The summed E-state index contributed by atoms with van der Waals surface area (Å²) in [4.78, 5) is 4.51. The Morgan fingerprint density at radius 3 is 2.30 bits per heavy atom. The van der Waals surface area contributed by atoms with Crippen LogP contribution in [0.1, 0.15) is 18.1 Å². The maximum Gasteiger partial charge on any atom is 0.191 e. The van der Waals surface area contributed by atoms with E-state index < -0.39 is 0 Å². The first-order valence-corrected chi connectivity index (χ1v) is 8.63. The van der Waals surface area contributed by atoms with Crippen LogP contribution in [-0.4, -0.2) is 33.3 Å². The van der Waals surface area contributed by atoms with Crippen molar-refractivity contribution in [1.29, 1.82) is 0 Å². The fourth-order valence-electron chi connectivity index (χ4n) is 2.44. The summed E-state index contributed by atoms with van der Waals surface area (Å²) in [7, 11) is 3.11. The molecule has 0 unspecified atom stereocenters. The third-order valence-corrected chi connectivity index (χ3v) is 3.85. The van der Waals surface area contributed by atoms with Crippen molar-refractivity contribution in [3.8, 4) is 11.5 Å². The van der Waals surface area contributed by atoms with Gasteiger partial charge >= 0.3 is 0 Å². The number of guanidine groups is 1. The maximum atomic E-state index is 13.8. The van der Waals surface area contributed by atoms with E-state index in [9.17, 15) is 4.39 Å². The van der Waals surface area contributed by atoms with Gasteiger partial charge in [-0.15, -0.1) is 24.0 Å². The number of nitrogens with one attached hydrogen (secondary N) is 2. The van der Waals surface area contributed by atoms with Gasteiger partial charge in [-0.1, -0.05) is 18.2 Å². The van der Waals surface area contributed by atoms with Gasteiger partial charge in [0.05, 0.1) is 20.8 Å². The number of benzene rings is 2. The number of methoxy groups -OCH3 is 2. The first-order chi connectivity index (χ1) is 12.7. The number of ether oxygens (including phenoxy) is 2. The molecule has 0 aliphatic rings. The van der Waals surface area contributed by atoms with E-state index in [1.807, 2.05) is 37.3 Å². The summed E-state index contributed by atoms with van der Waals surface area (Å²) >= 11 is 0. The van der Waals surface area contributed by atoms with E-state index in [4.69, 9.17) is 9.47 Å². The summed E-state index contributed by atoms with van der Waals surface area (Å²) in [5, 5.41) is 6.49.